The van der Waals surface area contributed by atoms with Gasteiger partial charge in [-0.3, -0.25) is 0 Å². The maximum absolute atomic E-state index is 10.3. The summed E-state index contributed by atoms with van der Waals surface area (Å²) in [4.78, 5) is 0. The molecule has 0 bridgehead atoms. The second-order valence-electron chi connectivity index (χ2n) is 12.6. The molecule has 0 radical (unpaired) electrons. The van der Waals surface area contributed by atoms with Gasteiger partial charge in [0.15, 0.2) is 0 Å². The Balaban J connectivity index is 1.47. The summed E-state index contributed by atoms with van der Waals surface area (Å²) in [6.07, 6.45) is 16.3. The molecule has 3 fully saturated rings. The molecule has 172 valence electrons. The highest BCUT2D eigenvalue weighted by atomic mass is 16.3. The van der Waals surface area contributed by atoms with Gasteiger partial charge in [0.25, 0.3) is 0 Å². The Morgan fingerprint density at radius 2 is 1.83 bits per heavy atom. The minimum Gasteiger partial charge on any atom is -0.393 e. The molecule has 0 unspecified atom stereocenters. The zero-order valence-corrected chi connectivity index (χ0v) is 20.8. The fraction of sp³-hybridized carbons (Fsp3) is 0.931. The zero-order chi connectivity index (χ0) is 22.6. The number of aliphatic hydroxyl groups is 1. The normalized spacial score (nSPS) is 46.2. The number of aliphatic hydroxyl groups excluding tert-OH is 1. The van der Waals surface area contributed by atoms with Gasteiger partial charge in [-0.05, 0) is 110 Å². The lowest BCUT2D eigenvalue weighted by molar-refractivity contribution is -0.0575. The molecule has 0 aromatic carbocycles. The van der Waals surface area contributed by atoms with Crippen molar-refractivity contribution in [2.75, 3.05) is 0 Å². The minimum atomic E-state index is -0.302. The van der Waals surface area contributed by atoms with Crippen LogP contribution in [0.1, 0.15) is 114 Å². The Morgan fingerprint density at radius 3 is 2.53 bits per heavy atom. The van der Waals surface area contributed by atoms with E-state index in [9.17, 15) is 5.11 Å². The first-order valence-corrected chi connectivity index (χ1v) is 13.4. The molecule has 30 heavy (non-hydrogen) atoms. The number of allylic oxidation sites excluding steroid dienone is 1. The highest BCUT2D eigenvalue weighted by Gasteiger charge is 2.59. The van der Waals surface area contributed by atoms with Crippen LogP contribution in [0, 0.1) is 52.2 Å². The smallest absolute Gasteiger partial charge is 0.0577 e. The monoisotopic (exact) mass is 415 g/mol. The minimum absolute atomic E-state index is 0.0953. The lowest BCUT2D eigenvalue weighted by Gasteiger charge is -2.58. The Morgan fingerprint density at radius 1 is 1.07 bits per heavy atom. The molecule has 0 amide bonds. The fourth-order valence-electron chi connectivity index (χ4n) is 9.18. The Bertz CT molecular complexity index is 677. The van der Waals surface area contributed by atoms with Gasteiger partial charge in [0.05, 0.1) is 6.10 Å². The highest BCUT2D eigenvalue weighted by molar-refractivity contribution is 5.25. The molecule has 0 heterocycles. The molecule has 0 aliphatic heterocycles. The first-order valence-electron chi connectivity index (χ1n) is 13.9. The Labute approximate surface area is 188 Å². The van der Waals surface area contributed by atoms with Crippen molar-refractivity contribution in [3.05, 3.63) is 11.6 Å². The standard InChI is InChI=1S/C29H50O/c1-7-21(19(2)3)9-8-20(4)25-12-13-26-24-11-10-22-18-23(30)14-16-28(22,5)27(24)15-17-29(25,26)6/h10,19-21,23-27,30H,7-9,11-18H2,1-6H3/t20-,21-,23+,24+,25-,26+,27+,28+,29-/m1/s1/i19D. The molecule has 4 rings (SSSR count). The summed E-state index contributed by atoms with van der Waals surface area (Å²) in [5.74, 6) is 4.50. The van der Waals surface area contributed by atoms with E-state index in [2.05, 4.69) is 47.6 Å². The maximum atomic E-state index is 10.3. The molecular formula is C29H50O. The second kappa shape index (κ2) is 8.57. The van der Waals surface area contributed by atoms with Crippen LogP contribution in [0.15, 0.2) is 11.6 Å². The zero-order valence-electron chi connectivity index (χ0n) is 21.8. The van der Waals surface area contributed by atoms with E-state index in [0.29, 0.717) is 16.7 Å². The SMILES string of the molecule is [2H]C(C)(C)[C@H](CC)CC[C@@H](C)[C@H]1CC[C@H]2[C@@H]3CC=C4C[C@@H](O)CC[C@]4(C)[C@H]3CC[C@]12C. The van der Waals surface area contributed by atoms with Gasteiger partial charge in [0.2, 0.25) is 0 Å². The summed E-state index contributed by atoms with van der Waals surface area (Å²) < 4.78 is 8.51. The van der Waals surface area contributed by atoms with Crippen LogP contribution in [-0.2, 0) is 0 Å². The summed E-state index contributed by atoms with van der Waals surface area (Å²) >= 11 is 0. The van der Waals surface area contributed by atoms with Gasteiger partial charge in [0.1, 0.15) is 0 Å². The number of fused-ring (bicyclic) bond motifs is 5. The van der Waals surface area contributed by atoms with Gasteiger partial charge < -0.3 is 5.11 Å². The van der Waals surface area contributed by atoms with Gasteiger partial charge in [-0.2, -0.15) is 0 Å². The van der Waals surface area contributed by atoms with E-state index in [1.807, 2.05) is 0 Å². The van der Waals surface area contributed by atoms with Gasteiger partial charge in [-0.15, -0.1) is 0 Å². The third-order valence-electron chi connectivity index (χ3n) is 11.1. The third kappa shape index (κ3) is 3.74. The summed E-state index contributed by atoms with van der Waals surface area (Å²) in [5.41, 5.74) is 2.48. The molecular weight excluding hydrogens is 364 g/mol. The topological polar surface area (TPSA) is 20.2 Å². The first kappa shape index (κ1) is 21.5. The fourth-order valence-corrected chi connectivity index (χ4v) is 9.18. The molecule has 0 aromatic heterocycles. The maximum Gasteiger partial charge on any atom is 0.0577 e. The molecule has 0 saturated heterocycles. The van der Waals surface area contributed by atoms with Crippen molar-refractivity contribution >= 4 is 0 Å². The van der Waals surface area contributed by atoms with Gasteiger partial charge in [-0.25, -0.2) is 0 Å². The van der Waals surface area contributed by atoms with E-state index in [1.165, 1.54) is 51.4 Å². The van der Waals surface area contributed by atoms with Crippen LogP contribution in [0.4, 0.5) is 0 Å². The van der Waals surface area contributed by atoms with Gasteiger partial charge in [0, 0.05) is 1.37 Å². The van der Waals surface area contributed by atoms with Crippen LogP contribution in [0.25, 0.3) is 0 Å². The quantitative estimate of drug-likeness (QED) is 0.435. The molecule has 1 nitrogen and oxygen atoms in total. The second-order valence-corrected chi connectivity index (χ2v) is 12.6. The van der Waals surface area contributed by atoms with Crippen molar-refractivity contribution in [2.45, 2.75) is 118 Å². The van der Waals surface area contributed by atoms with Crippen LogP contribution in [-0.4, -0.2) is 11.2 Å². The summed E-state index contributed by atoms with van der Waals surface area (Å²) in [7, 11) is 0. The van der Waals surface area contributed by atoms with Crippen molar-refractivity contribution in [2.24, 2.45) is 52.2 Å². The predicted molar refractivity (Wildman–Crippen MR) is 128 cm³/mol. The molecule has 9 atom stereocenters. The summed E-state index contributed by atoms with van der Waals surface area (Å²) in [6.45, 7) is 14.2. The first-order chi connectivity index (χ1) is 14.5. The van der Waals surface area contributed by atoms with E-state index in [-0.39, 0.29) is 12.0 Å². The number of rotatable bonds is 6. The highest BCUT2D eigenvalue weighted by Crippen LogP contribution is 2.67. The molecule has 4 aliphatic carbocycles. The average molecular weight is 416 g/mol. The van der Waals surface area contributed by atoms with Crippen LogP contribution in [0.5, 0.6) is 0 Å². The largest absolute Gasteiger partial charge is 0.393 e. The molecule has 1 N–H and O–H groups in total. The van der Waals surface area contributed by atoms with Crippen LogP contribution in [0.2, 0.25) is 0 Å². The number of hydrogen-bond acceptors (Lipinski definition) is 1. The predicted octanol–water partition coefficient (Wildman–Crippen LogP) is 8.02. The van der Waals surface area contributed by atoms with E-state index >= 15 is 0 Å². The molecule has 0 aromatic rings. The Kier molecular flexibility index (Phi) is 6.15. The summed E-state index contributed by atoms with van der Waals surface area (Å²) in [5, 5.41) is 10.3. The lowest BCUT2D eigenvalue weighted by Crippen LogP contribution is -2.50. The van der Waals surface area contributed by atoms with Crippen molar-refractivity contribution in [1.82, 2.24) is 0 Å². The van der Waals surface area contributed by atoms with Crippen molar-refractivity contribution in [3.63, 3.8) is 0 Å². The van der Waals surface area contributed by atoms with E-state index < -0.39 is 0 Å². The Hall–Kier alpha value is -0.300. The lowest BCUT2D eigenvalue weighted by atomic mass is 9.47. The molecule has 0 spiro atoms. The average Bonchev–Trinajstić information content (AvgIpc) is 3.05. The number of hydrogen-bond donors (Lipinski definition) is 1. The van der Waals surface area contributed by atoms with E-state index in [1.54, 1.807) is 5.57 Å². The van der Waals surface area contributed by atoms with Crippen molar-refractivity contribution in [3.8, 4) is 0 Å². The van der Waals surface area contributed by atoms with Crippen LogP contribution in [0.3, 0.4) is 0 Å². The van der Waals surface area contributed by atoms with E-state index in [0.717, 1.165) is 48.9 Å². The van der Waals surface area contributed by atoms with Crippen LogP contribution < -0.4 is 0 Å². The molecule has 1 heteroatoms. The van der Waals surface area contributed by atoms with Crippen LogP contribution >= 0.6 is 0 Å². The third-order valence-corrected chi connectivity index (χ3v) is 11.1. The van der Waals surface area contributed by atoms with Gasteiger partial charge >= 0.3 is 0 Å². The van der Waals surface area contributed by atoms with Gasteiger partial charge in [-0.1, -0.05) is 66.0 Å². The van der Waals surface area contributed by atoms with E-state index in [4.69, 9.17) is 1.37 Å². The van der Waals surface area contributed by atoms with Crippen molar-refractivity contribution in [1.29, 1.82) is 0 Å². The summed E-state index contributed by atoms with van der Waals surface area (Å²) in [6, 6.07) is 0. The molecule has 4 aliphatic rings. The van der Waals surface area contributed by atoms with Crippen molar-refractivity contribution < 1.29 is 6.48 Å². The molecule has 3 saturated carbocycles.